The predicted octanol–water partition coefficient (Wildman–Crippen LogP) is 1.61. The van der Waals surface area contributed by atoms with Gasteiger partial charge < -0.3 is 14.4 Å². The van der Waals surface area contributed by atoms with Crippen LogP contribution in [0.5, 0.6) is 0 Å². The minimum absolute atomic E-state index is 0.0493. The van der Waals surface area contributed by atoms with Crippen LogP contribution in [-0.2, 0) is 14.8 Å². The number of anilines is 1. The number of rotatable bonds is 5. The van der Waals surface area contributed by atoms with Gasteiger partial charge in [0.1, 0.15) is 5.82 Å². The number of sulfonamides is 1. The molecule has 10 heteroatoms. The van der Waals surface area contributed by atoms with Crippen LogP contribution in [-0.4, -0.2) is 77.3 Å². The molecule has 1 amide bonds. The van der Waals surface area contributed by atoms with Gasteiger partial charge in [0.05, 0.1) is 12.2 Å². The van der Waals surface area contributed by atoms with Gasteiger partial charge in [-0.15, -0.1) is 0 Å². The fourth-order valence-electron chi connectivity index (χ4n) is 4.18. The van der Waals surface area contributed by atoms with Crippen molar-refractivity contribution in [3.05, 3.63) is 36.9 Å². The van der Waals surface area contributed by atoms with Crippen LogP contribution in [0.4, 0.5) is 5.82 Å². The first-order valence-electron chi connectivity index (χ1n) is 10.8. The van der Waals surface area contributed by atoms with Gasteiger partial charge in [0.2, 0.25) is 5.91 Å². The molecule has 2 aliphatic rings. The van der Waals surface area contributed by atoms with Gasteiger partial charge in [-0.1, -0.05) is 6.07 Å². The van der Waals surface area contributed by atoms with Crippen molar-refractivity contribution in [3.8, 4) is 0 Å². The van der Waals surface area contributed by atoms with Crippen LogP contribution in [0.3, 0.4) is 0 Å². The molecule has 0 N–H and O–H groups in total. The first-order valence-corrected chi connectivity index (χ1v) is 12.3. The Morgan fingerprint density at radius 1 is 1.10 bits per heavy atom. The minimum Gasteiger partial charge on any atom is -0.353 e. The summed E-state index contributed by atoms with van der Waals surface area (Å²) in [6.07, 6.45) is 6.28. The highest BCUT2D eigenvalue weighted by Crippen LogP contribution is 2.25. The molecule has 0 aromatic carbocycles. The largest absolute Gasteiger partial charge is 0.353 e. The van der Waals surface area contributed by atoms with Gasteiger partial charge in [-0.3, -0.25) is 4.79 Å². The lowest BCUT2D eigenvalue weighted by Crippen LogP contribution is -2.53. The maximum atomic E-state index is 13.1. The van der Waals surface area contributed by atoms with E-state index < -0.39 is 10.0 Å². The van der Waals surface area contributed by atoms with Crippen molar-refractivity contribution < 1.29 is 13.2 Å². The number of piperazine rings is 1. The van der Waals surface area contributed by atoms with E-state index in [2.05, 4.69) is 14.9 Å². The number of carbonyl (C=O) groups excluding carboxylic acids is 1. The van der Waals surface area contributed by atoms with Gasteiger partial charge in [0, 0.05) is 57.7 Å². The third-order valence-corrected chi connectivity index (χ3v) is 7.83. The van der Waals surface area contributed by atoms with Crippen LogP contribution in [0.15, 0.2) is 41.9 Å². The van der Waals surface area contributed by atoms with Crippen LogP contribution in [0, 0.1) is 5.92 Å². The number of carbonyl (C=O) groups is 1. The molecule has 0 radical (unpaired) electrons. The van der Waals surface area contributed by atoms with Gasteiger partial charge in [-0.25, -0.2) is 18.4 Å². The fraction of sp³-hybridized carbons (Fsp3) is 0.571. The Hall–Kier alpha value is -2.46. The summed E-state index contributed by atoms with van der Waals surface area (Å²) in [4.78, 5) is 25.7. The highest BCUT2D eigenvalue weighted by molar-refractivity contribution is 7.89. The van der Waals surface area contributed by atoms with E-state index in [1.165, 1.54) is 4.31 Å². The molecule has 0 unspecified atom stereocenters. The Morgan fingerprint density at radius 2 is 1.87 bits per heavy atom. The van der Waals surface area contributed by atoms with Gasteiger partial charge >= 0.3 is 0 Å². The van der Waals surface area contributed by atoms with Crippen molar-refractivity contribution in [1.29, 1.82) is 0 Å². The van der Waals surface area contributed by atoms with Crippen LogP contribution in [0.2, 0.25) is 0 Å². The Labute approximate surface area is 183 Å². The molecule has 0 saturated carbocycles. The van der Waals surface area contributed by atoms with Crippen molar-refractivity contribution in [2.75, 3.05) is 44.2 Å². The number of nitrogens with zero attached hydrogens (tertiary/aromatic N) is 6. The third kappa shape index (κ3) is 4.59. The summed E-state index contributed by atoms with van der Waals surface area (Å²) >= 11 is 0. The molecule has 9 nitrogen and oxygen atoms in total. The van der Waals surface area contributed by atoms with Crippen LogP contribution in [0.1, 0.15) is 32.7 Å². The molecule has 2 aromatic heterocycles. The Bertz CT molecular complexity index is 999. The average Bonchev–Trinajstić information content (AvgIpc) is 3.31. The molecule has 2 fully saturated rings. The molecular weight excluding hydrogens is 416 g/mol. The van der Waals surface area contributed by atoms with E-state index in [1.54, 1.807) is 23.3 Å². The van der Waals surface area contributed by atoms with E-state index >= 15 is 0 Å². The standard InChI is InChI=1S/C21H30N6O3S/c1-17(2)26-15-20(23-16-26)31(29,30)27-9-5-6-18(14-27)21(28)25-12-10-24(11-13-25)19-7-3-4-8-22-19/h3-4,7-8,15-18H,5-6,9-14H2,1-2H3/t18-/m1/s1. The number of hydrogen-bond acceptors (Lipinski definition) is 6. The first-order chi connectivity index (χ1) is 14.9. The summed E-state index contributed by atoms with van der Waals surface area (Å²) < 4.78 is 29.4. The SMILES string of the molecule is CC(C)n1cnc(S(=O)(=O)N2CCC[C@@H](C(=O)N3CCN(c4ccccn4)CC3)C2)c1. The summed E-state index contributed by atoms with van der Waals surface area (Å²) in [5, 5.41) is 0.0540. The molecule has 168 valence electrons. The predicted molar refractivity (Wildman–Crippen MR) is 117 cm³/mol. The van der Waals surface area contributed by atoms with Gasteiger partial charge in [-0.2, -0.15) is 4.31 Å². The number of imidazole rings is 1. The topological polar surface area (TPSA) is 91.6 Å². The lowest BCUT2D eigenvalue weighted by molar-refractivity contribution is -0.137. The third-order valence-electron chi connectivity index (χ3n) is 6.08. The number of hydrogen-bond donors (Lipinski definition) is 0. The summed E-state index contributed by atoms with van der Waals surface area (Å²) in [6.45, 7) is 7.29. The second-order valence-electron chi connectivity index (χ2n) is 8.46. The summed E-state index contributed by atoms with van der Waals surface area (Å²) in [5.74, 6) is 0.663. The maximum absolute atomic E-state index is 13.1. The molecule has 2 saturated heterocycles. The Balaban J connectivity index is 1.38. The molecule has 0 spiro atoms. The summed E-state index contributed by atoms with van der Waals surface area (Å²) in [5.41, 5.74) is 0. The van der Waals surface area contributed by atoms with Gasteiger partial charge in [0.25, 0.3) is 10.0 Å². The van der Waals surface area contributed by atoms with E-state index in [0.29, 0.717) is 32.5 Å². The normalized spacial score (nSPS) is 20.9. The number of amides is 1. The molecule has 4 rings (SSSR count). The fourth-order valence-corrected chi connectivity index (χ4v) is 5.63. The Morgan fingerprint density at radius 3 is 2.52 bits per heavy atom. The van der Waals surface area contributed by atoms with E-state index in [0.717, 1.165) is 18.9 Å². The lowest BCUT2D eigenvalue weighted by Gasteiger charge is -2.39. The van der Waals surface area contributed by atoms with Crippen molar-refractivity contribution in [2.24, 2.45) is 5.92 Å². The number of piperidine rings is 1. The van der Waals surface area contributed by atoms with Crippen LogP contribution in [0.25, 0.3) is 0 Å². The van der Waals surface area contributed by atoms with Crippen LogP contribution < -0.4 is 4.90 Å². The van der Waals surface area contributed by atoms with Crippen molar-refractivity contribution >= 4 is 21.7 Å². The summed E-state index contributed by atoms with van der Waals surface area (Å²) in [7, 11) is -3.70. The molecule has 4 heterocycles. The molecule has 2 aliphatic heterocycles. The van der Waals surface area contributed by atoms with Crippen molar-refractivity contribution in [3.63, 3.8) is 0 Å². The first kappa shape index (κ1) is 21.8. The number of pyridine rings is 1. The average molecular weight is 447 g/mol. The zero-order valence-corrected chi connectivity index (χ0v) is 18.9. The molecular formula is C21H30N6O3S. The van der Waals surface area contributed by atoms with Crippen LogP contribution >= 0.6 is 0 Å². The summed E-state index contributed by atoms with van der Waals surface area (Å²) in [6, 6.07) is 5.96. The Kier molecular flexibility index (Phi) is 6.29. The second kappa shape index (κ2) is 8.96. The molecule has 0 aliphatic carbocycles. The lowest BCUT2D eigenvalue weighted by atomic mass is 9.98. The highest BCUT2D eigenvalue weighted by Gasteiger charge is 2.36. The quantitative estimate of drug-likeness (QED) is 0.693. The monoisotopic (exact) mass is 446 g/mol. The van der Waals surface area contributed by atoms with Crippen molar-refractivity contribution in [1.82, 2.24) is 23.7 Å². The zero-order chi connectivity index (χ0) is 22.0. The zero-order valence-electron chi connectivity index (χ0n) is 18.1. The molecule has 1 atom stereocenters. The van der Waals surface area contributed by atoms with E-state index in [9.17, 15) is 13.2 Å². The number of aromatic nitrogens is 3. The molecule has 0 bridgehead atoms. The molecule has 2 aromatic rings. The smallest absolute Gasteiger partial charge is 0.262 e. The van der Waals surface area contributed by atoms with Gasteiger partial charge in [0.15, 0.2) is 5.03 Å². The van der Waals surface area contributed by atoms with E-state index in [4.69, 9.17) is 0 Å². The molecule has 31 heavy (non-hydrogen) atoms. The minimum atomic E-state index is -3.70. The highest BCUT2D eigenvalue weighted by atomic mass is 32.2. The van der Waals surface area contributed by atoms with Gasteiger partial charge in [-0.05, 0) is 38.8 Å². The van der Waals surface area contributed by atoms with E-state index in [1.807, 2.05) is 36.9 Å². The maximum Gasteiger partial charge on any atom is 0.262 e. The van der Waals surface area contributed by atoms with Crippen molar-refractivity contribution in [2.45, 2.75) is 37.8 Å². The second-order valence-corrected chi connectivity index (χ2v) is 10.3. The van der Waals surface area contributed by atoms with E-state index in [-0.39, 0.29) is 29.4 Å².